The Morgan fingerprint density at radius 3 is 2.33 bits per heavy atom. The summed E-state index contributed by atoms with van der Waals surface area (Å²) in [7, 11) is 0. The third-order valence-electron chi connectivity index (χ3n) is 9.02. The number of benzene rings is 5. The third-order valence-corrected chi connectivity index (χ3v) is 9.02. The Balaban J connectivity index is 1.13. The quantitative estimate of drug-likeness (QED) is 0.136. The standard InChI is InChI=1S/C43H36N4O/c1-30-40(22-21-38-37-18-8-9-19-39(37)47(42(30)38)41-23-20-33(28-44-41)43(2,3)4)48-36-17-11-16-35(27-36)46-25-24-45(29-46)34-15-10-14-32(26-34)31-12-6-5-7-13-31/h5-28H,1-4H3. The van der Waals surface area contributed by atoms with E-state index in [2.05, 4.69) is 142 Å². The molecule has 0 spiro atoms. The number of aromatic nitrogens is 4. The Labute approximate surface area is 281 Å². The van der Waals surface area contributed by atoms with Crippen LogP contribution in [-0.4, -0.2) is 14.1 Å². The van der Waals surface area contributed by atoms with Crippen molar-refractivity contribution in [3.63, 3.8) is 0 Å². The van der Waals surface area contributed by atoms with Crippen molar-refractivity contribution in [1.82, 2.24) is 14.1 Å². The van der Waals surface area contributed by atoms with E-state index >= 15 is 0 Å². The number of imidazole rings is 1. The number of hydrogen-bond donors (Lipinski definition) is 0. The summed E-state index contributed by atoms with van der Waals surface area (Å²) in [5.41, 5.74) is 8.87. The number of hydrogen-bond acceptors (Lipinski definition) is 2. The zero-order chi connectivity index (χ0) is 32.8. The van der Waals surface area contributed by atoms with Gasteiger partial charge in [0.05, 0.1) is 22.4 Å². The van der Waals surface area contributed by atoms with Gasteiger partial charge >= 0.3 is 0 Å². The maximum absolute atomic E-state index is 6.62. The van der Waals surface area contributed by atoms with E-state index in [-0.39, 0.29) is 5.41 Å². The molecule has 0 unspecified atom stereocenters. The van der Waals surface area contributed by atoms with Gasteiger partial charge in [-0.25, -0.2) is 4.98 Å². The van der Waals surface area contributed by atoms with Crippen LogP contribution in [0, 0.1) is 13.3 Å². The first-order valence-corrected chi connectivity index (χ1v) is 16.3. The molecule has 0 amide bonds. The molecule has 8 rings (SSSR count). The summed E-state index contributed by atoms with van der Waals surface area (Å²) in [5.74, 6) is 2.45. The number of fused-ring (bicyclic) bond motifs is 3. The van der Waals surface area contributed by atoms with Crippen molar-refractivity contribution in [2.75, 3.05) is 0 Å². The minimum absolute atomic E-state index is 0.0317. The molecule has 5 aromatic carbocycles. The molecule has 0 saturated heterocycles. The topological polar surface area (TPSA) is 35.9 Å². The molecule has 0 radical (unpaired) electrons. The van der Waals surface area contributed by atoms with Gasteiger partial charge < -0.3 is 4.74 Å². The van der Waals surface area contributed by atoms with Crippen molar-refractivity contribution in [3.8, 4) is 39.8 Å². The molecule has 0 saturated carbocycles. The molecule has 0 aliphatic carbocycles. The lowest BCUT2D eigenvalue weighted by atomic mass is 9.88. The second-order valence-electron chi connectivity index (χ2n) is 13.2. The predicted octanol–water partition coefficient (Wildman–Crippen LogP) is 10.1. The van der Waals surface area contributed by atoms with Gasteiger partial charge in [-0.3, -0.25) is 13.7 Å². The minimum Gasteiger partial charge on any atom is -0.458 e. The van der Waals surface area contributed by atoms with Crippen LogP contribution < -0.4 is 9.30 Å². The van der Waals surface area contributed by atoms with Crippen LogP contribution in [0.4, 0.5) is 0 Å². The normalized spacial score (nSPS) is 11.8. The fourth-order valence-corrected chi connectivity index (χ4v) is 6.41. The van der Waals surface area contributed by atoms with Crippen molar-refractivity contribution >= 4 is 21.8 Å². The molecule has 0 fully saturated rings. The average Bonchev–Trinajstić information content (AvgIpc) is 3.74. The Hall–Kier alpha value is -5.94. The fourth-order valence-electron chi connectivity index (χ4n) is 6.41. The second-order valence-corrected chi connectivity index (χ2v) is 13.2. The van der Waals surface area contributed by atoms with Crippen LogP contribution in [0.2, 0.25) is 0 Å². The van der Waals surface area contributed by atoms with E-state index in [1.807, 2.05) is 52.0 Å². The van der Waals surface area contributed by atoms with E-state index < -0.39 is 0 Å². The lowest BCUT2D eigenvalue weighted by Crippen LogP contribution is -2.28. The van der Waals surface area contributed by atoms with Crippen molar-refractivity contribution in [2.24, 2.45) is 0 Å². The van der Waals surface area contributed by atoms with Gasteiger partial charge in [0, 0.05) is 34.9 Å². The number of aryl methyl sites for hydroxylation is 1. The van der Waals surface area contributed by atoms with Crippen LogP contribution in [0.5, 0.6) is 11.5 Å². The molecule has 234 valence electrons. The summed E-state index contributed by atoms with van der Waals surface area (Å²) < 4.78 is 12.9. The summed E-state index contributed by atoms with van der Waals surface area (Å²) >= 11 is 0. The summed E-state index contributed by atoms with van der Waals surface area (Å²) in [5, 5.41) is 2.37. The maximum atomic E-state index is 6.62. The van der Waals surface area contributed by atoms with Crippen LogP contribution >= 0.6 is 0 Å². The van der Waals surface area contributed by atoms with Gasteiger partial charge in [-0.2, -0.15) is 0 Å². The van der Waals surface area contributed by atoms with E-state index in [4.69, 9.17) is 9.72 Å². The monoisotopic (exact) mass is 624 g/mol. The molecule has 3 heterocycles. The highest BCUT2D eigenvalue weighted by Gasteiger charge is 2.19. The minimum atomic E-state index is 0.0317. The van der Waals surface area contributed by atoms with Crippen LogP contribution in [0.1, 0.15) is 31.9 Å². The second kappa shape index (κ2) is 11.7. The molecule has 8 aromatic rings. The lowest BCUT2D eigenvalue weighted by molar-refractivity contribution is -0.599. The van der Waals surface area contributed by atoms with Gasteiger partial charge in [-0.15, -0.1) is 0 Å². The van der Waals surface area contributed by atoms with Crippen LogP contribution in [0.3, 0.4) is 0 Å². The number of pyridine rings is 1. The first-order chi connectivity index (χ1) is 23.3. The van der Waals surface area contributed by atoms with Crippen molar-refractivity contribution < 1.29 is 9.30 Å². The number of nitrogens with zero attached hydrogens (tertiary/aromatic N) is 4. The van der Waals surface area contributed by atoms with Crippen molar-refractivity contribution in [2.45, 2.75) is 33.1 Å². The highest BCUT2D eigenvalue weighted by atomic mass is 16.5. The molecule has 3 aromatic heterocycles. The van der Waals surface area contributed by atoms with E-state index in [0.29, 0.717) is 0 Å². The number of ether oxygens (including phenoxy) is 1. The first kappa shape index (κ1) is 29.5. The van der Waals surface area contributed by atoms with Gasteiger partial charge in [-0.1, -0.05) is 93.6 Å². The molecule has 48 heavy (non-hydrogen) atoms. The zero-order valence-electron chi connectivity index (χ0n) is 27.6. The SMILES string of the molecule is Cc1c(Oc2cccc(-n3[c-][n+](-c4cccc(-c5ccccc5)c4)cc3)c2)ccc2c3ccccc3n(-c3ccc(C(C)(C)C)cn3)c12. The smallest absolute Gasteiger partial charge is 0.268 e. The lowest BCUT2D eigenvalue weighted by Gasteiger charge is -2.19. The van der Waals surface area contributed by atoms with Crippen molar-refractivity contribution in [3.05, 3.63) is 163 Å². The number of para-hydroxylation sites is 1. The highest BCUT2D eigenvalue weighted by Crippen LogP contribution is 2.38. The molecule has 0 atom stereocenters. The third kappa shape index (κ3) is 5.33. The molecule has 0 aliphatic heterocycles. The maximum Gasteiger partial charge on any atom is 0.268 e. The van der Waals surface area contributed by atoms with E-state index in [0.717, 1.165) is 45.3 Å². The largest absolute Gasteiger partial charge is 0.458 e. The Morgan fingerprint density at radius 2 is 1.52 bits per heavy atom. The van der Waals surface area contributed by atoms with E-state index in [1.54, 1.807) is 0 Å². The average molecular weight is 625 g/mol. The van der Waals surface area contributed by atoms with Gasteiger partial charge in [0.2, 0.25) is 0 Å². The molecule has 5 heteroatoms. The van der Waals surface area contributed by atoms with Crippen LogP contribution in [-0.2, 0) is 5.41 Å². The first-order valence-electron chi connectivity index (χ1n) is 16.3. The van der Waals surface area contributed by atoms with Gasteiger partial charge in [0.1, 0.15) is 17.3 Å². The Morgan fingerprint density at radius 1 is 0.729 bits per heavy atom. The molecule has 5 nitrogen and oxygen atoms in total. The van der Waals surface area contributed by atoms with E-state index in [1.165, 1.54) is 27.5 Å². The van der Waals surface area contributed by atoms with E-state index in [9.17, 15) is 0 Å². The Bertz CT molecular complexity index is 2410. The van der Waals surface area contributed by atoms with Gasteiger partial charge in [-0.05, 0) is 83.6 Å². The predicted molar refractivity (Wildman–Crippen MR) is 194 cm³/mol. The summed E-state index contributed by atoms with van der Waals surface area (Å²) in [6.07, 6.45) is 9.51. The fraction of sp³-hybridized carbons (Fsp3) is 0.116. The highest BCUT2D eigenvalue weighted by molar-refractivity contribution is 6.10. The number of rotatable bonds is 6. The van der Waals surface area contributed by atoms with Crippen LogP contribution in [0.15, 0.2) is 146 Å². The summed E-state index contributed by atoms with van der Waals surface area (Å²) in [4.78, 5) is 4.95. The summed E-state index contributed by atoms with van der Waals surface area (Å²) in [6.45, 7) is 8.77. The van der Waals surface area contributed by atoms with Crippen molar-refractivity contribution in [1.29, 1.82) is 0 Å². The summed E-state index contributed by atoms with van der Waals surface area (Å²) in [6, 6.07) is 44.1. The van der Waals surface area contributed by atoms with Gasteiger partial charge in [0.25, 0.3) is 6.33 Å². The molecule has 0 aliphatic rings. The molecule has 0 N–H and O–H groups in total. The molecule has 0 bridgehead atoms. The van der Waals surface area contributed by atoms with Crippen LogP contribution in [0.25, 0.3) is 50.1 Å². The molecular weight excluding hydrogens is 589 g/mol. The molecular formula is C43H36N4O. The zero-order valence-corrected chi connectivity index (χ0v) is 27.6. The van der Waals surface area contributed by atoms with Gasteiger partial charge in [0.15, 0.2) is 0 Å². The Kier molecular flexibility index (Phi) is 7.18.